The van der Waals surface area contributed by atoms with E-state index in [1.807, 2.05) is 31.2 Å². The summed E-state index contributed by atoms with van der Waals surface area (Å²) in [6, 6.07) is 7.05. The Morgan fingerprint density at radius 2 is 2.04 bits per heavy atom. The Morgan fingerprint density at radius 1 is 1.33 bits per heavy atom. The van der Waals surface area contributed by atoms with Crippen LogP contribution in [0.3, 0.4) is 0 Å². The van der Waals surface area contributed by atoms with Crippen LogP contribution in [0.2, 0.25) is 0 Å². The van der Waals surface area contributed by atoms with Crippen LogP contribution in [0.1, 0.15) is 26.2 Å². The van der Waals surface area contributed by atoms with Crippen LogP contribution in [0.5, 0.6) is 0 Å². The molecule has 1 rings (SSSR count). The van der Waals surface area contributed by atoms with Gasteiger partial charge in [0.05, 0.1) is 19.3 Å². The Kier molecular flexibility index (Phi) is 9.62. The van der Waals surface area contributed by atoms with Crippen LogP contribution in [0.25, 0.3) is 0 Å². The molecule has 132 valence electrons. The number of nitrogens with one attached hydrogen (secondary N) is 3. The first-order chi connectivity index (χ1) is 11.5. The molecule has 8 heteroatoms. The summed E-state index contributed by atoms with van der Waals surface area (Å²) in [5.74, 6) is -0.746. The number of carbonyl (C=O) groups is 2. The number of carbonyl (C=O) groups excluding carboxylic acids is 2. The molecule has 1 aromatic rings. The van der Waals surface area contributed by atoms with Crippen molar-refractivity contribution in [2.75, 3.05) is 19.0 Å². The van der Waals surface area contributed by atoms with Crippen LogP contribution in [0.15, 0.2) is 24.3 Å². The second-order valence-electron chi connectivity index (χ2n) is 5.07. The molecule has 24 heavy (non-hydrogen) atoms. The van der Waals surface area contributed by atoms with Crippen LogP contribution < -0.4 is 16.0 Å². The Morgan fingerprint density at radius 3 is 2.67 bits per heavy atom. The Balaban J connectivity index is 2.44. The SMILES string of the molecule is CCCCC(NC(=O)CNC(=S)Nc1ccccc1I)C(=O)OC. The zero-order chi connectivity index (χ0) is 17.9. The third-order valence-corrected chi connectivity index (χ3v) is 4.39. The predicted molar refractivity (Wildman–Crippen MR) is 107 cm³/mol. The third-order valence-electron chi connectivity index (χ3n) is 3.20. The van der Waals surface area contributed by atoms with Gasteiger partial charge in [0.2, 0.25) is 5.91 Å². The Bertz CT molecular complexity index is 583. The lowest BCUT2D eigenvalue weighted by Gasteiger charge is -2.17. The van der Waals surface area contributed by atoms with Crippen molar-refractivity contribution in [3.8, 4) is 0 Å². The van der Waals surface area contributed by atoms with E-state index in [1.165, 1.54) is 7.11 Å². The topological polar surface area (TPSA) is 79.5 Å². The summed E-state index contributed by atoms with van der Waals surface area (Å²) in [5.41, 5.74) is 0.867. The molecule has 0 aliphatic rings. The number of esters is 1. The molecule has 3 N–H and O–H groups in total. The van der Waals surface area contributed by atoms with Gasteiger partial charge in [-0.15, -0.1) is 0 Å². The number of ether oxygens (including phenoxy) is 1. The summed E-state index contributed by atoms with van der Waals surface area (Å²) >= 11 is 7.37. The van der Waals surface area contributed by atoms with Gasteiger partial charge in [-0.1, -0.05) is 31.9 Å². The lowest BCUT2D eigenvalue weighted by Crippen LogP contribution is -2.46. The van der Waals surface area contributed by atoms with Gasteiger partial charge >= 0.3 is 5.97 Å². The van der Waals surface area contributed by atoms with Gasteiger partial charge in [-0.05, 0) is 53.4 Å². The van der Waals surface area contributed by atoms with Gasteiger partial charge in [0, 0.05) is 3.57 Å². The zero-order valence-electron chi connectivity index (χ0n) is 13.7. The number of halogens is 1. The quantitative estimate of drug-likeness (QED) is 0.312. The van der Waals surface area contributed by atoms with E-state index in [4.69, 9.17) is 17.0 Å². The number of benzene rings is 1. The molecule has 0 saturated heterocycles. The van der Waals surface area contributed by atoms with Crippen molar-refractivity contribution < 1.29 is 14.3 Å². The monoisotopic (exact) mass is 463 g/mol. The first-order valence-corrected chi connectivity index (χ1v) is 9.13. The van der Waals surface area contributed by atoms with E-state index in [2.05, 4.69) is 38.5 Å². The van der Waals surface area contributed by atoms with E-state index >= 15 is 0 Å². The fourth-order valence-electron chi connectivity index (χ4n) is 1.93. The van der Waals surface area contributed by atoms with Crippen molar-refractivity contribution in [3.63, 3.8) is 0 Å². The summed E-state index contributed by atoms with van der Waals surface area (Å²) in [4.78, 5) is 23.7. The molecule has 0 spiro atoms. The molecule has 0 fully saturated rings. The summed E-state index contributed by atoms with van der Waals surface area (Å²) < 4.78 is 5.74. The summed E-state index contributed by atoms with van der Waals surface area (Å²) in [6.07, 6.45) is 2.32. The number of hydrogen-bond acceptors (Lipinski definition) is 4. The molecule has 0 aromatic heterocycles. The normalized spacial score (nSPS) is 11.3. The standard InChI is InChI=1S/C16H22IN3O3S/c1-3-4-8-13(15(22)23-2)19-14(21)10-18-16(24)20-12-9-6-5-7-11(12)17/h5-7,9,13H,3-4,8,10H2,1-2H3,(H,19,21)(H2,18,20,24). The fourth-order valence-corrected chi connectivity index (χ4v) is 2.64. The van der Waals surface area contributed by atoms with Crippen molar-refractivity contribution >= 4 is 57.5 Å². The maximum atomic E-state index is 12.0. The molecule has 0 heterocycles. The van der Waals surface area contributed by atoms with E-state index in [9.17, 15) is 9.59 Å². The number of para-hydroxylation sites is 1. The number of methoxy groups -OCH3 is 1. The molecule has 0 aliphatic heterocycles. The van der Waals surface area contributed by atoms with Crippen LogP contribution in [0.4, 0.5) is 5.69 Å². The van der Waals surface area contributed by atoms with Crippen LogP contribution in [-0.4, -0.2) is 36.7 Å². The maximum Gasteiger partial charge on any atom is 0.328 e. The molecule has 1 aromatic carbocycles. The molecule has 0 aliphatic carbocycles. The third kappa shape index (κ3) is 7.43. The largest absolute Gasteiger partial charge is 0.467 e. The number of anilines is 1. The van der Waals surface area contributed by atoms with Gasteiger partial charge in [0.25, 0.3) is 0 Å². The van der Waals surface area contributed by atoms with Crippen LogP contribution in [-0.2, 0) is 14.3 Å². The minimum atomic E-state index is -0.624. The molecule has 1 atom stereocenters. The second kappa shape index (κ2) is 11.2. The fraction of sp³-hybridized carbons (Fsp3) is 0.438. The van der Waals surface area contributed by atoms with Gasteiger partial charge in [0.15, 0.2) is 5.11 Å². The van der Waals surface area contributed by atoms with Crippen molar-refractivity contribution in [2.24, 2.45) is 0 Å². The highest BCUT2D eigenvalue weighted by molar-refractivity contribution is 14.1. The van der Waals surface area contributed by atoms with Crippen molar-refractivity contribution in [1.29, 1.82) is 0 Å². The highest BCUT2D eigenvalue weighted by Crippen LogP contribution is 2.16. The van der Waals surface area contributed by atoms with Gasteiger partial charge in [-0.3, -0.25) is 4.79 Å². The number of thiocarbonyl (C=S) groups is 1. The maximum absolute atomic E-state index is 12.0. The Hall–Kier alpha value is -1.42. The van der Waals surface area contributed by atoms with E-state index in [0.717, 1.165) is 22.1 Å². The molecule has 0 radical (unpaired) electrons. The van der Waals surface area contributed by atoms with Gasteiger partial charge in [0.1, 0.15) is 6.04 Å². The molecule has 0 saturated carbocycles. The molecule has 0 bridgehead atoms. The predicted octanol–water partition coefficient (Wildman–Crippen LogP) is 2.43. The van der Waals surface area contributed by atoms with E-state index < -0.39 is 12.0 Å². The second-order valence-corrected chi connectivity index (χ2v) is 6.64. The molecule has 1 unspecified atom stereocenters. The highest BCUT2D eigenvalue weighted by atomic mass is 127. The summed E-state index contributed by atoms with van der Waals surface area (Å²) in [6.45, 7) is 2.00. The van der Waals surface area contributed by atoms with Crippen molar-refractivity contribution in [3.05, 3.63) is 27.8 Å². The molecular formula is C16H22IN3O3S. The first kappa shape index (κ1) is 20.6. The van der Waals surface area contributed by atoms with Crippen molar-refractivity contribution in [2.45, 2.75) is 32.2 Å². The summed E-state index contributed by atoms with van der Waals surface area (Å²) in [5, 5.41) is 8.87. The number of hydrogen-bond donors (Lipinski definition) is 3. The highest BCUT2D eigenvalue weighted by Gasteiger charge is 2.20. The first-order valence-electron chi connectivity index (χ1n) is 7.64. The minimum absolute atomic E-state index is 0.0190. The minimum Gasteiger partial charge on any atom is -0.467 e. The average Bonchev–Trinajstić information content (AvgIpc) is 2.58. The van der Waals surface area contributed by atoms with Crippen LogP contribution in [0, 0.1) is 3.57 Å². The molecular weight excluding hydrogens is 441 g/mol. The summed E-state index contributed by atoms with van der Waals surface area (Å²) in [7, 11) is 1.31. The number of rotatable bonds is 8. The van der Waals surface area contributed by atoms with Crippen LogP contribution >= 0.6 is 34.8 Å². The van der Waals surface area contributed by atoms with Gasteiger partial charge in [-0.2, -0.15) is 0 Å². The average molecular weight is 463 g/mol. The van der Waals surface area contributed by atoms with Gasteiger partial charge < -0.3 is 20.7 Å². The van der Waals surface area contributed by atoms with E-state index in [-0.39, 0.29) is 12.5 Å². The number of unbranched alkanes of at least 4 members (excludes halogenated alkanes) is 1. The Labute approximate surface area is 161 Å². The number of amides is 1. The lowest BCUT2D eigenvalue weighted by molar-refractivity contribution is -0.145. The van der Waals surface area contributed by atoms with E-state index in [0.29, 0.717) is 11.5 Å². The lowest BCUT2D eigenvalue weighted by atomic mass is 10.1. The zero-order valence-corrected chi connectivity index (χ0v) is 16.7. The molecule has 6 nitrogen and oxygen atoms in total. The van der Waals surface area contributed by atoms with Crippen molar-refractivity contribution in [1.82, 2.24) is 10.6 Å². The van der Waals surface area contributed by atoms with Gasteiger partial charge in [-0.25, -0.2) is 4.79 Å². The van der Waals surface area contributed by atoms with E-state index in [1.54, 1.807) is 0 Å². The smallest absolute Gasteiger partial charge is 0.328 e. The molecule has 1 amide bonds.